The van der Waals surface area contributed by atoms with E-state index in [0.717, 1.165) is 29.8 Å². The van der Waals surface area contributed by atoms with Crippen LogP contribution in [0.1, 0.15) is 12.0 Å². The minimum atomic E-state index is 0.120. The highest BCUT2D eigenvalue weighted by molar-refractivity contribution is 6.10. The van der Waals surface area contributed by atoms with Crippen LogP contribution in [0, 0.1) is 0 Å². The quantitative estimate of drug-likeness (QED) is 0.746. The van der Waals surface area contributed by atoms with Crippen molar-refractivity contribution in [1.82, 2.24) is 0 Å². The molecule has 0 atom stereocenters. The molecule has 0 aromatic heterocycles. The van der Waals surface area contributed by atoms with Crippen molar-refractivity contribution in [2.45, 2.75) is 6.42 Å². The van der Waals surface area contributed by atoms with E-state index in [4.69, 9.17) is 0 Å². The van der Waals surface area contributed by atoms with E-state index < -0.39 is 0 Å². The number of anilines is 1. The Bertz CT molecular complexity index is 602. The Morgan fingerprint density at radius 3 is 2.21 bits per heavy atom. The maximum Gasteiger partial charge on any atom is 0.254 e. The van der Waals surface area contributed by atoms with Gasteiger partial charge in [-0.25, -0.2) is 0 Å². The average Bonchev–Trinajstić information content (AvgIpc) is 2.82. The molecular formula is C17H15NO. The van der Waals surface area contributed by atoms with Crippen molar-refractivity contribution in [3.8, 4) is 0 Å². The van der Waals surface area contributed by atoms with E-state index in [2.05, 4.69) is 0 Å². The smallest absolute Gasteiger partial charge is 0.254 e. The van der Waals surface area contributed by atoms with Crippen molar-refractivity contribution in [3.63, 3.8) is 0 Å². The molecule has 0 spiro atoms. The zero-order chi connectivity index (χ0) is 13.1. The first-order valence-corrected chi connectivity index (χ1v) is 6.47. The van der Waals surface area contributed by atoms with Crippen molar-refractivity contribution < 1.29 is 4.79 Å². The number of hydrogen-bond donors (Lipinski definition) is 0. The Hall–Kier alpha value is -2.35. The number of rotatable bonds is 2. The summed E-state index contributed by atoms with van der Waals surface area (Å²) >= 11 is 0. The molecule has 0 radical (unpaired) electrons. The van der Waals surface area contributed by atoms with Crippen LogP contribution in [0.4, 0.5) is 5.69 Å². The highest BCUT2D eigenvalue weighted by atomic mass is 16.2. The normalized spacial score (nSPS) is 17.2. The largest absolute Gasteiger partial charge is 0.308 e. The predicted molar refractivity (Wildman–Crippen MR) is 77.8 cm³/mol. The Labute approximate surface area is 113 Å². The molecule has 1 amide bonds. The molecule has 1 fully saturated rings. The van der Waals surface area contributed by atoms with Gasteiger partial charge in [-0.1, -0.05) is 48.5 Å². The topological polar surface area (TPSA) is 20.3 Å². The van der Waals surface area contributed by atoms with Crippen LogP contribution in [-0.4, -0.2) is 12.5 Å². The number of amides is 1. The minimum Gasteiger partial charge on any atom is -0.308 e. The molecule has 2 aromatic carbocycles. The van der Waals surface area contributed by atoms with E-state index in [0.29, 0.717) is 0 Å². The van der Waals surface area contributed by atoms with Crippen LogP contribution >= 0.6 is 0 Å². The number of para-hydroxylation sites is 1. The summed E-state index contributed by atoms with van der Waals surface area (Å²) in [7, 11) is 0. The molecule has 1 saturated heterocycles. The molecule has 1 aliphatic rings. The summed E-state index contributed by atoms with van der Waals surface area (Å²) in [5.41, 5.74) is 2.94. The SMILES string of the molecule is O=C1/C(=C/c2ccccc2)CCN1c1ccccc1. The molecule has 2 aromatic rings. The monoisotopic (exact) mass is 249 g/mol. The molecule has 0 N–H and O–H groups in total. The summed E-state index contributed by atoms with van der Waals surface area (Å²) in [4.78, 5) is 14.2. The maximum atomic E-state index is 12.4. The van der Waals surface area contributed by atoms with Crippen LogP contribution in [0.2, 0.25) is 0 Å². The second-order valence-electron chi connectivity index (χ2n) is 4.62. The van der Waals surface area contributed by atoms with Gasteiger partial charge >= 0.3 is 0 Å². The van der Waals surface area contributed by atoms with Gasteiger partial charge in [0.25, 0.3) is 5.91 Å². The summed E-state index contributed by atoms with van der Waals surface area (Å²) < 4.78 is 0. The van der Waals surface area contributed by atoms with Crippen LogP contribution in [0.15, 0.2) is 66.2 Å². The number of hydrogen-bond acceptors (Lipinski definition) is 1. The highest BCUT2D eigenvalue weighted by Gasteiger charge is 2.26. The zero-order valence-electron chi connectivity index (χ0n) is 10.6. The molecule has 0 bridgehead atoms. The first-order chi connectivity index (χ1) is 9.34. The van der Waals surface area contributed by atoms with E-state index in [9.17, 15) is 4.79 Å². The number of benzene rings is 2. The first-order valence-electron chi connectivity index (χ1n) is 6.47. The molecule has 3 rings (SSSR count). The minimum absolute atomic E-state index is 0.120. The fourth-order valence-corrected chi connectivity index (χ4v) is 2.35. The van der Waals surface area contributed by atoms with E-state index >= 15 is 0 Å². The third kappa shape index (κ3) is 2.43. The second-order valence-corrected chi connectivity index (χ2v) is 4.62. The van der Waals surface area contributed by atoms with E-state index in [1.807, 2.05) is 71.6 Å². The fraction of sp³-hybridized carbons (Fsp3) is 0.118. The first kappa shape index (κ1) is 11.7. The lowest BCUT2D eigenvalue weighted by atomic mass is 10.1. The molecule has 2 heteroatoms. The van der Waals surface area contributed by atoms with Gasteiger partial charge in [-0.3, -0.25) is 4.79 Å². The van der Waals surface area contributed by atoms with Crippen molar-refractivity contribution in [2.75, 3.05) is 11.4 Å². The van der Waals surface area contributed by atoms with Gasteiger partial charge in [0.15, 0.2) is 0 Å². The summed E-state index contributed by atoms with van der Waals surface area (Å²) in [6.45, 7) is 0.765. The van der Waals surface area contributed by atoms with Crippen LogP contribution < -0.4 is 4.90 Å². The third-order valence-electron chi connectivity index (χ3n) is 3.33. The van der Waals surface area contributed by atoms with Crippen LogP contribution in [-0.2, 0) is 4.79 Å². The molecule has 1 heterocycles. The van der Waals surface area contributed by atoms with E-state index in [-0.39, 0.29) is 5.91 Å². The van der Waals surface area contributed by atoms with Gasteiger partial charge in [-0.2, -0.15) is 0 Å². The lowest BCUT2D eigenvalue weighted by Crippen LogP contribution is -2.24. The van der Waals surface area contributed by atoms with Crippen molar-refractivity contribution in [1.29, 1.82) is 0 Å². The average molecular weight is 249 g/mol. The standard InChI is InChI=1S/C17H15NO/c19-17-15(13-14-7-3-1-4-8-14)11-12-18(17)16-9-5-2-6-10-16/h1-10,13H,11-12H2/b15-13+. The molecule has 0 saturated carbocycles. The summed E-state index contributed by atoms with van der Waals surface area (Å²) in [5, 5.41) is 0. The molecule has 0 unspecified atom stereocenters. The lowest BCUT2D eigenvalue weighted by Gasteiger charge is -2.14. The molecule has 1 aliphatic heterocycles. The van der Waals surface area contributed by atoms with Crippen molar-refractivity contribution in [2.24, 2.45) is 0 Å². The molecular weight excluding hydrogens is 234 g/mol. The fourth-order valence-electron chi connectivity index (χ4n) is 2.35. The van der Waals surface area contributed by atoms with Gasteiger partial charge in [0.2, 0.25) is 0 Å². The Morgan fingerprint density at radius 1 is 0.895 bits per heavy atom. The van der Waals surface area contributed by atoms with Crippen LogP contribution in [0.25, 0.3) is 6.08 Å². The van der Waals surface area contributed by atoms with E-state index in [1.54, 1.807) is 0 Å². The molecule has 2 nitrogen and oxygen atoms in total. The van der Waals surface area contributed by atoms with Crippen LogP contribution in [0.3, 0.4) is 0 Å². The highest BCUT2D eigenvalue weighted by Crippen LogP contribution is 2.25. The predicted octanol–water partition coefficient (Wildman–Crippen LogP) is 3.51. The summed E-state index contributed by atoms with van der Waals surface area (Å²) in [6, 6.07) is 19.8. The van der Waals surface area contributed by atoms with Gasteiger partial charge in [0, 0.05) is 17.8 Å². The van der Waals surface area contributed by atoms with Gasteiger partial charge in [-0.05, 0) is 30.2 Å². The second kappa shape index (κ2) is 5.11. The Balaban J connectivity index is 1.85. The number of carbonyl (C=O) groups is 1. The lowest BCUT2D eigenvalue weighted by molar-refractivity contribution is -0.114. The van der Waals surface area contributed by atoms with Gasteiger partial charge in [-0.15, -0.1) is 0 Å². The van der Waals surface area contributed by atoms with Gasteiger partial charge in [0.1, 0.15) is 0 Å². The molecule has 94 valence electrons. The van der Waals surface area contributed by atoms with Gasteiger partial charge in [0.05, 0.1) is 0 Å². The Morgan fingerprint density at radius 2 is 1.53 bits per heavy atom. The number of nitrogens with zero attached hydrogens (tertiary/aromatic N) is 1. The van der Waals surface area contributed by atoms with Crippen LogP contribution in [0.5, 0.6) is 0 Å². The van der Waals surface area contributed by atoms with Crippen molar-refractivity contribution in [3.05, 3.63) is 71.8 Å². The van der Waals surface area contributed by atoms with E-state index in [1.165, 1.54) is 0 Å². The molecule has 0 aliphatic carbocycles. The summed E-state index contributed by atoms with van der Waals surface area (Å²) in [6.07, 6.45) is 2.80. The third-order valence-corrected chi connectivity index (χ3v) is 3.33. The maximum absolute atomic E-state index is 12.4. The number of carbonyl (C=O) groups excluding carboxylic acids is 1. The van der Waals surface area contributed by atoms with Crippen molar-refractivity contribution >= 4 is 17.7 Å². The molecule has 19 heavy (non-hydrogen) atoms. The zero-order valence-corrected chi connectivity index (χ0v) is 10.6. The van der Waals surface area contributed by atoms with Gasteiger partial charge < -0.3 is 4.90 Å². The summed E-state index contributed by atoms with van der Waals surface area (Å²) in [5.74, 6) is 0.120. The Kier molecular flexibility index (Phi) is 3.15.